The first kappa shape index (κ1) is 23.0. The van der Waals surface area contributed by atoms with Gasteiger partial charge in [0.2, 0.25) is 5.78 Å². The molecule has 0 N–H and O–H groups in total. The molecule has 0 fully saturated rings. The van der Waals surface area contributed by atoms with E-state index in [9.17, 15) is 22.8 Å². The lowest BCUT2D eigenvalue weighted by Crippen LogP contribution is -2.15. The molecule has 0 aromatic carbocycles. The SMILES string of the molecule is C=CCn1c(C)cc(C(=O)COC(=O)c2cnn(-c3ccc(C(F)(F)F)cn3)c2C)c1C. The third-order valence-corrected chi connectivity index (χ3v) is 5.04. The van der Waals surface area contributed by atoms with Crippen LogP contribution in [-0.2, 0) is 17.5 Å². The lowest BCUT2D eigenvalue weighted by molar-refractivity contribution is -0.137. The van der Waals surface area contributed by atoms with E-state index in [4.69, 9.17) is 4.74 Å². The number of pyridine rings is 1. The number of rotatable bonds is 7. The van der Waals surface area contributed by atoms with Crippen LogP contribution in [-0.4, -0.2) is 37.7 Å². The summed E-state index contributed by atoms with van der Waals surface area (Å²) in [6.45, 7) is 9.01. The van der Waals surface area contributed by atoms with Crippen molar-refractivity contribution in [1.82, 2.24) is 19.3 Å². The summed E-state index contributed by atoms with van der Waals surface area (Å²) in [4.78, 5) is 28.8. The maximum Gasteiger partial charge on any atom is 0.417 e. The molecule has 0 aliphatic rings. The third kappa shape index (κ3) is 4.48. The first-order valence-corrected chi connectivity index (χ1v) is 9.60. The summed E-state index contributed by atoms with van der Waals surface area (Å²) >= 11 is 0. The number of ketones is 1. The van der Waals surface area contributed by atoms with Gasteiger partial charge in [0.25, 0.3) is 0 Å². The van der Waals surface area contributed by atoms with Gasteiger partial charge in [-0.05, 0) is 39.0 Å². The molecule has 0 bridgehead atoms. The Kier molecular flexibility index (Phi) is 6.33. The molecule has 0 radical (unpaired) electrons. The molecule has 168 valence electrons. The van der Waals surface area contributed by atoms with Crippen LogP contribution in [0, 0.1) is 20.8 Å². The van der Waals surface area contributed by atoms with Crippen molar-refractivity contribution in [3.63, 3.8) is 0 Å². The van der Waals surface area contributed by atoms with E-state index in [0.29, 0.717) is 24.0 Å². The van der Waals surface area contributed by atoms with Crippen molar-refractivity contribution < 1.29 is 27.5 Å². The highest BCUT2D eigenvalue weighted by atomic mass is 19.4. The summed E-state index contributed by atoms with van der Waals surface area (Å²) in [5.74, 6) is -1.01. The van der Waals surface area contributed by atoms with E-state index in [0.717, 1.165) is 23.5 Å². The molecule has 3 rings (SSSR count). The number of ether oxygens (including phenoxy) is 1. The van der Waals surface area contributed by atoms with Gasteiger partial charge in [-0.25, -0.2) is 14.5 Å². The Morgan fingerprint density at radius 3 is 2.44 bits per heavy atom. The van der Waals surface area contributed by atoms with Crippen LogP contribution in [0.5, 0.6) is 0 Å². The Balaban J connectivity index is 1.72. The summed E-state index contributed by atoms with van der Waals surface area (Å²) < 4.78 is 46.5. The molecule has 0 amide bonds. The minimum Gasteiger partial charge on any atom is -0.454 e. The van der Waals surface area contributed by atoms with E-state index in [1.807, 2.05) is 11.5 Å². The Hall–Kier alpha value is -3.69. The predicted octanol–water partition coefficient (Wildman–Crippen LogP) is 4.24. The van der Waals surface area contributed by atoms with E-state index >= 15 is 0 Å². The molecule has 0 atom stereocenters. The van der Waals surface area contributed by atoms with Gasteiger partial charge < -0.3 is 9.30 Å². The van der Waals surface area contributed by atoms with Crippen molar-refractivity contribution in [1.29, 1.82) is 0 Å². The number of Topliss-reactive ketones (excluding diaryl/α,β-unsaturated/α-hetero) is 1. The highest BCUT2D eigenvalue weighted by Gasteiger charge is 2.31. The summed E-state index contributed by atoms with van der Waals surface area (Å²) in [6, 6.07) is 3.76. The molecule has 0 saturated carbocycles. The van der Waals surface area contributed by atoms with Gasteiger partial charge in [-0.1, -0.05) is 6.08 Å². The highest BCUT2D eigenvalue weighted by Crippen LogP contribution is 2.29. The number of hydrogen-bond donors (Lipinski definition) is 0. The fraction of sp³-hybridized carbons (Fsp3) is 0.273. The van der Waals surface area contributed by atoms with Crippen LogP contribution in [0.2, 0.25) is 0 Å². The zero-order valence-corrected chi connectivity index (χ0v) is 17.7. The van der Waals surface area contributed by atoms with Crippen molar-refractivity contribution in [2.75, 3.05) is 6.61 Å². The van der Waals surface area contributed by atoms with Gasteiger partial charge in [0.05, 0.1) is 17.5 Å². The second-order valence-corrected chi connectivity index (χ2v) is 7.14. The molecule has 0 aliphatic carbocycles. The average molecular weight is 446 g/mol. The zero-order valence-electron chi connectivity index (χ0n) is 17.7. The standard InChI is InChI=1S/C22H21F3N4O3/c1-5-8-28-13(2)9-17(14(28)3)19(30)12-32-21(31)18-11-27-29(15(18)4)20-7-6-16(10-26-20)22(23,24)25/h5-7,9-11H,1,8,12H2,2-4H3. The van der Waals surface area contributed by atoms with Gasteiger partial charge in [0.15, 0.2) is 12.4 Å². The van der Waals surface area contributed by atoms with Gasteiger partial charge in [0, 0.05) is 29.7 Å². The molecular formula is C22H21F3N4O3. The number of hydrogen-bond acceptors (Lipinski definition) is 5. The van der Waals surface area contributed by atoms with Gasteiger partial charge in [-0.15, -0.1) is 6.58 Å². The van der Waals surface area contributed by atoms with Crippen LogP contribution in [0.25, 0.3) is 5.82 Å². The maximum absolute atomic E-state index is 12.7. The highest BCUT2D eigenvalue weighted by molar-refractivity contribution is 6.00. The van der Waals surface area contributed by atoms with Crippen LogP contribution in [0.4, 0.5) is 13.2 Å². The van der Waals surface area contributed by atoms with Crippen molar-refractivity contribution in [2.45, 2.75) is 33.5 Å². The quantitative estimate of drug-likeness (QED) is 0.308. The van der Waals surface area contributed by atoms with Gasteiger partial charge in [-0.3, -0.25) is 4.79 Å². The van der Waals surface area contributed by atoms with Crippen LogP contribution in [0.15, 0.2) is 43.2 Å². The number of carbonyl (C=O) groups is 2. The van der Waals surface area contributed by atoms with E-state index in [1.165, 1.54) is 10.9 Å². The summed E-state index contributed by atoms with van der Waals surface area (Å²) in [7, 11) is 0. The Morgan fingerprint density at radius 1 is 1.12 bits per heavy atom. The zero-order chi connectivity index (χ0) is 23.6. The molecule has 3 aromatic heterocycles. The number of aromatic nitrogens is 4. The maximum atomic E-state index is 12.7. The number of nitrogens with zero attached hydrogens (tertiary/aromatic N) is 4. The molecule has 10 heteroatoms. The topological polar surface area (TPSA) is 79.0 Å². The summed E-state index contributed by atoms with van der Waals surface area (Å²) in [5, 5.41) is 4.01. The van der Waals surface area contributed by atoms with Crippen LogP contribution < -0.4 is 0 Å². The van der Waals surface area contributed by atoms with E-state index in [2.05, 4.69) is 16.7 Å². The lowest BCUT2D eigenvalue weighted by atomic mass is 10.1. The number of alkyl halides is 3. The number of carbonyl (C=O) groups excluding carboxylic acids is 2. The molecule has 0 saturated heterocycles. The number of aryl methyl sites for hydroxylation is 1. The normalized spacial score (nSPS) is 11.4. The monoisotopic (exact) mass is 446 g/mol. The number of esters is 1. The van der Waals surface area contributed by atoms with E-state index < -0.39 is 24.3 Å². The largest absolute Gasteiger partial charge is 0.454 e. The molecule has 0 spiro atoms. The molecule has 32 heavy (non-hydrogen) atoms. The van der Waals surface area contributed by atoms with Crippen molar-refractivity contribution in [3.8, 4) is 5.82 Å². The lowest BCUT2D eigenvalue weighted by Gasteiger charge is -2.08. The number of halogens is 3. The van der Waals surface area contributed by atoms with Gasteiger partial charge >= 0.3 is 12.1 Å². The van der Waals surface area contributed by atoms with Crippen LogP contribution in [0.3, 0.4) is 0 Å². The van der Waals surface area contributed by atoms with Crippen molar-refractivity contribution >= 4 is 11.8 Å². The van der Waals surface area contributed by atoms with Gasteiger partial charge in [0.1, 0.15) is 5.56 Å². The fourth-order valence-electron chi connectivity index (χ4n) is 3.30. The predicted molar refractivity (Wildman–Crippen MR) is 110 cm³/mol. The second-order valence-electron chi connectivity index (χ2n) is 7.14. The molecular weight excluding hydrogens is 425 g/mol. The Labute approximate surface area is 182 Å². The number of allylic oxidation sites excluding steroid dienone is 1. The van der Waals surface area contributed by atoms with Crippen molar-refractivity contribution in [2.24, 2.45) is 0 Å². The van der Waals surface area contributed by atoms with Gasteiger partial charge in [-0.2, -0.15) is 18.3 Å². The molecule has 3 aromatic rings. The molecule has 7 nitrogen and oxygen atoms in total. The van der Waals surface area contributed by atoms with Crippen LogP contribution >= 0.6 is 0 Å². The molecule has 3 heterocycles. The minimum absolute atomic E-state index is 0.0802. The third-order valence-electron chi connectivity index (χ3n) is 5.04. The van der Waals surface area contributed by atoms with Crippen LogP contribution in [0.1, 0.15) is 43.4 Å². The summed E-state index contributed by atoms with van der Waals surface area (Å²) in [5.41, 5.74) is 1.60. The first-order chi connectivity index (χ1) is 15.0. The summed E-state index contributed by atoms with van der Waals surface area (Å²) in [6.07, 6.45) is -0.872. The average Bonchev–Trinajstić information content (AvgIpc) is 3.26. The molecule has 0 unspecified atom stereocenters. The fourth-order valence-corrected chi connectivity index (χ4v) is 3.30. The van der Waals surface area contributed by atoms with E-state index in [1.54, 1.807) is 26.0 Å². The van der Waals surface area contributed by atoms with Crippen molar-refractivity contribution in [3.05, 3.63) is 77.0 Å². The smallest absolute Gasteiger partial charge is 0.417 e. The molecule has 0 aliphatic heterocycles. The Bertz CT molecular complexity index is 1170. The van der Waals surface area contributed by atoms with E-state index in [-0.39, 0.29) is 17.2 Å². The Morgan fingerprint density at radius 2 is 1.84 bits per heavy atom. The minimum atomic E-state index is -4.50. The second kappa shape index (κ2) is 8.81. The first-order valence-electron chi connectivity index (χ1n) is 9.60.